The lowest BCUT2D eigenvalue weighted by Gasteiger charge is -2.27. The van der Waals surface area contributed by atoms with Gasteiger partial charge in [-0.05, 0) is 37.5 Å². The summed E-state index contributed by atoms with van der Waals surface area (Å²) < 4.78 is 20.2. The van der Waals surface area contributed by atoms with Crippen molar-refractivity contribution in [2.45, 2.75) is 25.3 Å². The minimum Gasteiger partial charge on any atom is -0.436 e. The van der Waals surface area contributed by atoms with Crippen molar-refractivity contribution in [2.75, 3.05) is 11.4 Å². The van der Waals surface area contributed by atoms with Crippen LogP contribution in [0.25, 0.3) is 0 Å². The molecule has 26 heavy (non-hydrogen) atoms. The third-order valence-corrected chi connectivity index (χ3v) is 5.15. The van der Waals surface area contributed by atoms with Gasteiger partial charge in [0.05, 0.1) is 16.9 Å². The first-order valence-corrected chi connectivity index (χ1v) is 8.92. The Labute approximate surface area is 159 Å². The van der Waals surface area contributed by atoms with E-state index in [2.05, 4.69) is 9.97 Å². The van der Waals surface area contributed by atoms with Crippen LogP contribution in [0.1, 0.15) is 19.3 Å². The van der Waals surface area contributed by atoms with E-state index in [0.717, 1.165) is 18.9 Å². The highest BCUT2D eigenvalue weighted by Gasteiger charge is 2.45. The Morgan fingerprint density at radius 1 is 1.31 bits per heavy atom. The third-order valence-electron chi connectivity index (χ3n) is 4.44. The lowest BCUT2D eigenvalue weighted by atomic mass is 10.0. The molecular formula is C17H14ClFN4O2S. The first-order valence-electron chi connectivity index (χ1n) is 8.14. The third kappa shape index (κ3) is 2.89. The van der Waals surface area contributed by atoms with Gasteiger partial charge in [0.25, 0.3) is 5.91 Å². The van der Waals surface area contributed by atoms with Gasteiger partial charge in [-0.1, -0.05) is 11.6 Å². The van der Waals surface area contributed by atoms with Gasteiger partial charge in [-0.3, -0.25) is 14.7 Å². The second-order valence-electron chi connectivity index (χ2n) is 6.04. The van der Waals surface area contributed by atoms with Crippen molar-refractivity contribution >= 4 is 40.5 Å². The van der Waals surface area contributed by atoms with Crippen molar-refractivity contribution in [2.24, 2.45) is 0 Å². The molecule has 134 valence electrons. The molecule has 0 bridgehead atoms. The fourth-order valence-corrected chi connectivity index (χ4v) is 3.83. The Morgan fingerprint density at radius 2 is 2.15 bits per heavy atom. The second-order valence-corrected chi connectivity index (χ2v) is 6.81. The lowest BCUT2D eigenvalue weighted by Crippen LogP contribution is -2.38. The molecule has 2 aliphatic rings. The topological polar surface area (TPSA) is 58.6 Å². The van der Waals surface area contributed by atoms with E-state index in [0.29, 0.717) is 18.1 Å². The predicted octanol–water partition coefficient (Wildman–Crippen LogP) is 3.55. The van der Waals surface area contributed by atoms with Crippen LogP contribution in [0.2, 0.25) is 5.02 Å². The zero-order valence-corrected chi connectivity index (χ0v) is 15.1. The normalized spacial score (nSPS) is 19.7. The van der Waals surface area contributed by atoms with E-state index in [-0.39, 0.29) is 34.3 Å². The number of aromatic nitrogens is 2. The van der Waals surface area contributed by atoms with Crippen molar-refractivity contribution in [1.29, 1.82) is 0 Å². The fraction of sp³-hybridized carbons (Fsp3) is 0.294. The molecule has 2 fully saturated rings. The van der Waals surface area contributed by atoms with E-state index < -0.39 is 5.82 Å². The molecule has 3 heterocycles. The number of benzene rings is 1. The van der Waals surface area contributed by atoms with E-state index in [1.807, 2.05) is 4.90 Å². The molecule has 6 nitrogen and oxygen atoms in total. The fourth-order valence-electron chi connectivity index (χ4n) is 3.23. The van der Waals surface area contributed by atoms with Gasteiger partial charge in [0.15, 0.2) is 5.11 Å². The number of thiocarbonyl (C=S) groups is 1. The first-order chi connectivity index (χ1) is 12.6. The van der Waals surface area contributed by atoms with Gasteiger partial charge >= 0.3 is 0 Å². The molecule has 0 spiro atoms. The van der Waals surface area contributed by atoms with Gasteiger partial charge in [0.2, 0.25) is 5.88 Å². The SMILES string of the molecule is O=C1[C@@H]2CCCCN2C(=S)N1c1cc(Oc2cnccn2)c(Cl)cc1F. The highest BCUT2D eigenvalue weighted by atomic mass is 35.5. The summed E-state index contributed by atoms with van der Waals surface area (Å²) in [7, 11) is 0. The summed E-state index contributed by atoms with van der Waals surface area (Å²) in [4.78, 5) is 23.8. The van der Waals surface area contributed by atoms with Crippen LogP contribution in [0, 0.1) is 5.82 Å². The summed E-state index contributed by atoms with van der Waals surface area (Å²) >= 11 is 11.5. The predicted molar refractivity (Wildman–Crippen MR) is 97.9 cm³/mol. The number of hydrogen-bond acceptors (Lipinski definition) is 5. The number of anilines is 1. The summed E-state index contributed by atoms with van der Waals surface area (Å²) in [5, 5.41) is 0.374. The molecule has 0 unspecified atom stereocenters. The summed E-state index contributed by atoms with van der Waals surface area (Å²) in [5.41, 5.74) is 0.0256. The molecule has 1 aromatic carbocycles. The number of halogens is 2. The van der Waals surface area contributed by atoms with E-state index in [4.69, 9.17) is 28.6 Å². The molecule has 1 atom stereocenters. The molecule has 1 amide bonds. The maximum Gasteiger partial charge on any atom is 0.256 e. The number of piperidine rings is 1. The largest absolute Gasteiger partial charge is 0.436 e. The average Bonchev–Trinajstić information content (AvgIpc) is 2.90. The Hall–Kier alpha value is -2.32. The lowest BCUT2D eigenvalue weighted by molar-refractivity contribution is -0.120. The maximum absolute atomic E-state index is 14.6. The van der Waals surface area contributed by atoms with Gasteiger partial charge in [0.1, 0.15) is 17.6 Å². The molecule has 0 N–H and O–H groups in total. The number of ether oxygens (including phenoxy) is 1. The van der Waals surface area contributed by atoms with Crippen LogP contribution >= 0.6 is 23.8 Å². The number of hydrogen-bond donors (Lipinski definition) is 0. The zero-order valence-electron chi connectivity index (χ0n) is 13.6. The Bertz CT molecular complexity index is 859. The number of amides is 1. The van der Waals surface area contributed by atoms with Gasteiger partial charge in [-0.2, -0.15) is 0 Å². The maximum atomic E-state index is 14.6. The van der Waals surface area contributed by atoms with Crippen molar-refractivity contribution in [3.05, 3.63) is 41.6 Å². The van der Waals surface area contributed by atoms with Gasteiger partial charge < -0.3 is 9.64 Å². The highest BCUT2D eigenvalue weighted by molar-refractivity contribution is 7.80. The monoisotopic (exact) mass is 392 g/mol. The van der Waals surface area contributed by atoms with Crippen molar-refractivity contribution in [1.82, 2.24) is 14.9 Å². The van der Waals surface area contributed by atoms with Crippen LogP contribution in [0.15, 0.2) is 30.7 Å². The summed E-state index contributed by atoms with van der Waals surface area (Å²) in [6, 6.07) is 2.15. The molecule has 0 radical (unpaired) electrons. The Balaban J connectivity index is 1.71. The van der Waals surface area contributed by atoms with Gasteiger partial charge in [-0.25, -0.2) is 9.37 Å². The number of nitrogens with zero attached hydrogens (tertiary/aromatic N) is 4. The van der Waals surface area contributed by atoms with Crippen LogP contribution in [0.4, 0.5) is 10.1 Å². The number of carbonyl (C=O) groups excluding carboxylic acids is 1. The molecule has 2 aromatic rings. The summed E-state index contributed by atoms with van der Waals surface area (Å²) in [6.45, 7) is 0.698. The van der Waals surface area contributed by atoms with Crippen LogP contribution in [-0.2, 0) is 4.79 Å². The summed E-state index contributed by atoms with van der Waals surface area (Å²) in [6.07, 6.45) is 7.00. The van der Waals surface area contributed by atoms with Gasteiger partial charge in [-0.15, -0.1) is 0 Å². The molecule has 1 aromatic heterocycles. The van der Waals surface area contributed by atoms with E-state index in [9.17, 15) is 9.18 Å². The van der Waals surface area contributed by atoms with Gasteiger partial charge in [0, 0.05) is 25.0 Å². The zero-order chi connectivity index (χ0) is 18.3. The quantitative estimate of drug-likeness (QED) is 0.744. The van der Waals surface area contributed by atoms with Crippen LogP contribution < -0.4 is 9.64 Å². The Morgan fingerprint density at radius 3 is 2.88 bits per heavy atom. The minimum atomic E-state index is -0.642. The van der Waals surface area contributed by atoms with Crippen LogP contribution in [-0.4, -0.2) is 38.5 Å². The van der Waals surface area contributed by atoms with Crippen LogP contribution in [0.3, 0.4) is 0 Å². The minimum absolute atomic E-state index is 0.0256. The number of fused-ring (bicyclic) bond motifs is 1. The molecule has 9 heteroatoms. The first kappa shape index (κ1) is 17.1. The number of rotatable bonds is 3. The smallest absolute Gasteiger partial charge is 0.256 e. The highest BCUT2D eigenvalue weighted by Crippen LogP contribution is 2.38. The second kappa shape index (κ2) is 6.77. The number of carbonyl (C=O) groups is 1. The van der Waals surface area contributed by atoms with Crippen LogP contribution in [0.5, 0.6) is 11.6 Å². The molecule has 2 aliphatic heterocycles. The van der Waals surface area contributed by atoms with Crippen molar-refractivity contribution in [3.63, 3.8) is 0 Å². The molecule has 0 aliphatic carbocycles. The van der Waals surface area contributed by atoms with E-state index >= 15 is 0 Å². The molecule has 4 rings (SSSR count). The summed E-state index contributed by atoms with van der Waals surface area (Å²) in [5.74, 6) is -0.484. The molecular weight excluding hydrogens is 379 g/mol. The standard InChI is InChI=1S/C17H14ClFN4O2S/c18-10-7-11(19)13(8-14(10)25-15-9-20-4-5-21-15)23-16(24)12-3-1-2-6-22(12)17(23)26/h4-5,7-9,12H,1-3,6H2/t12-/m0/s1. The van der Waals surface area contributed by atoms with Crippen molar-refractivity contribution < 1.29 is 13.9 Å². The molecule has 0 saturated carbocycles. The Kier molecular flexibility index (Phi) is 4.46. The van der Waals surface area contributed by atoms with E-state index in [1.165, 1.54) is 29.6 Å². The average molecular weight is 393 g/mol. The van der Waals surface area contributed by atoms with E-state index in [1.54, 1.807) is 0 Å². The van der Waals surface area contributed by atoms with Crippen molar-refractivity contribution in [3.8, 4) is 11.6 Å². The molecule has 2 saturated heterocycles.